The minimum absolute atomic E-state index is 0.492. The number of hydrogen-bond donors (Lipinski definition) is 0. The first-order chi connectivity index (χ1) is 13.0. The first-order valence-corrected chi connectivity index (χ1v) is 8.99. The molecule has 0 spiro atoms. The quantitative estimate of drug-likeness (QED) is 0.589. The molecule has 1 heterocycles. The van der Waals surface area contributed by atoms with Crippen LogP contribution in [0, 0.1) is 13.8 Å². The zero-order valence-electron chi connectivity index (χ0n) is 16.6. The van der Waals surface area contributed by atoms with E-state index in [1.165, 1.54) is 11.1 Å². The predicted molar refractivity (Wildman–Crippen MR) is 111 cm³/mol. The molecule has 4 heteroatoms. The molecule has 0 aliphatic heterocycles. The van der Waals surface area contributed by atoms with Gasteiger partial charge in [0.1, 0.15) is 5.76 Å². The van der Waals surface area contributed by atoms with Crippen LogP contribution in [0.15, 0.2) is 71.3 Å². The summed E-state index contributed by atoms with van der Waals surface area (Å²) in [5.74, 6) is 0.789. The molecule has 1 amide bonds. The highest BCUT2D eigenvalue weighted by atomic mass is 16.3. The standard InChI is InChI=1S/C15H18N2O2.C8H10/c1-16(2)14-7-5-13(6-8-14)10-17(12-18)11-15-4-3-9-19-15;1-7-3-5-8(2)6-4-7/h3-9,12H,10-11H2,1-2H3;3-6H,1-2H3. The number of furan rings is 1. The number of amides is 1. The summed E-state index contributed by atoms with van der Waals surface area (Å²) in [4.78, 5) is 14.8. The summed E-state index contributed by atoms with van der Waals surface area (Å²) in [5, 5.41) is 0. The van der Waals surface area contributed by atoms with Gasteiger partial charge >= 0.3 is 0 Å². The van der Waals surface area contributed by atoms with Crippen LogP contribution in [-0.4, -0.2) is 25.4 Å². The Morgan fingerprint density at radius 2 is 1.44 bits per heavy atom. The highest BCUT2D eigenvalue weighted by Gasteiger charge is 2.06. The lowest BCUT2D eigenvalue weighted by Gasteiger charge is -2.17. The summed E-state index contributed by atoms with van der Waals surface area (Å²) in [5.41, 5.74) is 4.91. The lowest BCUT2D eigenvalue weighted by molar-refractivity contribution is -0.119. The van der Waals surface area contributed by atoms with E-state index in [1.54, 1.807) is 11.2 Å². The van der Waals surface area contributed by atoms with Crippen LogP contribution >= 0.6 is 0 Å². The molecule has 0 unspecified atom stereocenters. The topological polar surface area (TPSA) is 36.7 Å². The van der Waals surface area contributed by atoms with E-state index in [9.17, 15) is 4.79 Å². The van der Waals surface area contributed by atoms with Gasteiger partial charge in [-0.05, 0) is 43.7 Å². The van der Waals surface area contributed by atoms with Gasteiger partial charge in [0.15, 0.2) is 0 Å². The Hall–Kier alpha value is -3.01. The van der Waals surface area contributed by atoms with E-state index in [0.717, 1.165) is 23.4 Å². The highest BCUT2D eigenvalue weighted by molar-refractivity contribution is 5.49. The van der Waals surface area contributed by atoms with Gasteiger partial charge in [0.25, 0.3) is 0 Å². The Morgan fingerprint density at radius 3 is 1.89 bits per heavy atom. The molecule has 1 aromatic heterocycles. The van der Waals surface area contributed by atoms with Crippen molar-refractivity contribution in [2.45, 2.75) is 26.9 Å². The number of carbonyl (C=O) groups is 1. The first kappa shape index (κ1) is 20.3. The molecule has 2 aromatic carbocycles. The summed E-state index contributed by atoms with van der Waals surface area (Å²) < 4.78 is 5.25. The Bertz CT molecular complexity index is 770. The monoisotopic (exact) mass is 364 g/mol. The molecule has 0 radical (unpaired) electrons. The highest BCUT2D eigenvalue weighted by Crippen LogP contribution is 2.14. The van der Waals surface area contributed by atoms with Gasteiger partial charge in [0.05, 0.1) is 12.8 Å². The van der Waals surface area contributed by atoms with Gasteiger partial charge in [-0.1, -0.05) is 47.5 Å². The van der Waals surface area contributed by atoms with Crippen molar-refractivity contribution < 1.29 is 9.21 Å². The molecule has 0 atom stereocenters. The van der Waals surface area contributed by atoms with Gasteiger partial charge < -0.3 is 14.2 Å². The minimum Gasteiger partial charge on any atom is -0.467 e. The van der Waals surface area contributed by atoms with Gasteiger partial charge in [-0.2, -0.15) is 0 Å². The average Bonchev–Trinajstić information content (AvgIpc) is 3.17. The molecule has 0 aliphatic rings. The lowest BCUT2D eigenvalue weighted by Crippen LogP contribution is -2.20. The van der Waals surface area contributed by atoms with Crippen LogP contribution in [-0.2, 0) is 17.9 Å². The number of benzene rings is 2. The maximum atomic E-state index is 11.1. The molecule has 0 saturated heterocycles. The Morgan fingerprint density at radius 1 is 0.852 bits per heavy atom. The van der Waals surface area contributed by atoms with Crippen molar-refractivity contribution in [3.05, 3.63) is 89.4 Å². The molecule has 0 aliphatic carbocycles. The fourth-order valence-electron chi connectivity index (χ4n) is 2.50. The Kier molecular flexibility index (Phi) is 7.68. The van der Waals surface area contributed by atoms with Crippen LogP contribution in [0.3, 0.4) is 0 Å². The molecule has 27 heavy (non-hydrogen) atoms. The zero-order valence-corrected chi connectivity index (χ0v) is 16.6. The number of nitrogens with zero attached hydrogens (tertiary/aromatic N) is 2. The molecular weight excluding hydrogens is 336 g/mol. The third-order valence-corrected chi connectivity index (χ3v) is 4.14. The lowest BCUT2D eigenvalue weighted by atomic mass is 10.2. The number of aryl methyl sites for hydroxylation is 2. The van der Waals surface area contributed by atoms with Gasteiger partial charge in [0.2, 0.25) is 6.41 Å². The van der Waals surface area contributed by atoms with E-state index >= 15 is 0 Å². The maximum absolute atomic E-state index is 11.1. The van der Waals surface area contributed by atoms with Crippen LogP contribution in [0.1, 0.15) is 22.5 Å². The third-order valence-electron chi connectivity index (χ3n) is 4.14. The molecular formula is C23H28N2O2. The van der Waals surface area contributed by atoms with Gasteiger partial charge in [0, 0.05) is 26.3 Å². The van der Waals surface area contributed by atoms with Crippen LogP contribution < -0.4 is 4.90 Å². The molecule has 0 fully saturated rings. The van der Waals surface area contributed by atoms with Crippen molar-refractivity contribution in [2.24, 2.45) is 0 Å². The second kappa shape index (κ2) is 10.2. The smallest absolute Gasteiger partial charge is 0.210 e. The van der Waals surface area contributed by atoms with Crippen LogP contribution in [0.5, 0.6) is 0 Å². The van der Waals surface area contributed by atoms with Crippen LogP contribution in [0.2, 0.25) is 0 Å². The number of anilines is 1. The molecule has 0 saturated carbocycles. The predicted octanol–water partition coefficient (Wildman–Crippen LogP) is 4.81. The zero-order chi connectivity index (χ0) is 19.6. The van der Waals surface area contributed by atoms with Gasteiger partial charge in [-0.3, -0.25) is 4.79 Å². The summed E-state index contributed by atoms with van der Waals surface area (Å²) in [6, 6.07) is 20.3. The normalized spacial score (nSPS) is 9.93. The second-order valence-corrected chi connectivity index (χ2v) is 6.81. The molecule has 3 rings (SSSR count). The second-order valence-electron chi connectivity index (χ2n) is 6.81. The van der Waals surface area contributed by atoms with Crippen LogP contribution in [0.25, 0.3) is 0 Å². The molecule has 0 bridgehead atoms. The van der Waals surface area contributed by atoms with Crippen molar-refractivity contribution >= 4 is 12.1 Å². The fourth-order valence-corrected chi connectivity index (χ4v) is 2.50. The Labute approximate surface area is 162 Å². The summed E-state index contributed by atoms with van der Waals surface area (Å²) in [6.07, 6.45) is 2.46. The van der Waals surface area contributed by atoms with Gasteiger partial charge in [-0.25, -0.2) is 0 Å². The summed E-state index contributed by atoms with van der Waals surface area (Å²) in [7, 11) is 4.01. The average molecular weight is 364 g/mol. The first-order valence-electron chi connectivity index (χ1n) is 8.99. The number of hydrogen-bond acceptors (Lipinski definition) is 3. The fraction of sp³-hybridized carbons (Fsp3) is 0.261. The largest absolute Gasteiger partial charge is 0.467 e. The summed E-state index contributed by atoms with van der Waals surface area (Å²) in [6.45, 7) is 5.27. The molecule has 4 nitrogen and oxygen atoms in total. The van der Waals surface area contributed by atoms with Crippen LogP contribution in [0.4, 0.5) is 5.69 Å². The van der Waals surface area contributed by atoms with Crippen molar-refractivity contribution in [3.63, 3.8) is 0 Å². The van der Waals surface area contributed by atoms with E-state index in [4.69, 9.17) is 4.42 Å². The summed E-state index contributed by atoms with van der Waals surface area (Å²) >= 11 is 0. The van der Waals surface area contributed by atoms with E-state index in [0.29, 0.717) is 13.1 Å². The van der Waals surface area contributed by atoms with E-state index in [2.05, 4.69) is 38.1 Å². The molecule has 3 aromatic rings. The van der Waals surface area contributed by atoms with E-state index < -0.39 is 0 Å². The Balaban J connectivity index is 0.000000273. The molecule has 0 N–H and O–H groups in total. The molecule has 142 valence electrons. The van der Waals surface area contributed by atoms with Crippen molar-refractivity contribution in [1.29, 1.82) is 0 Å². The number of rotatable bonds is 6. The SMILES string of the molecule is CN(C)c1ccc(CN(C=O)Cc2ccco2)cc1.Cc1ccc(C)cc1. The van der Waals surface area contributed by atoms with E-state index in [1.807, 2.05) is 55.4 Å². The van der Waals surface area contributed by atoms with Gasteiger partial charge in [-0.15, -0.1) is 0 Å². The van der Waals surface area contributed by atoms with Crippen molar-refractivity contribution in [2.75, 3.05) is 19.0 Å². The number of carbonyl (C=O) groups excluding carboxylic acids is 1. The third kappa shape index (κ3) is 7.02. The maximum Gasteiger partial charge on any atom is 0.210 e. The minimum atomic E-state index is 0.492. The van der Waals surface area contributed by atoms with E-state index in [-0.39, 0.29) is 0 Å². The van der Waals surface area contributed by atoms with Crippen molar-refractivity contribution in [3.8, 4) is 0 Å². The van der Waals surface area contributed by atoms with Crippen molar-refractivity contribution in [1.82, 2.24) is 4.90 Å².